The van der Waals surface area contributed by atoms with Crippen molar-refractivity contribution in [2.75, 3.05) is 10.8 Å². The van der Waals surface area contributed by atoms with Gasteiger partial charge in [-0.25, -0.2) is 12.8 Å². The van der Waals surface area contributed by atoms with Gasteiger partial charge in [-0.1, -0.05) is 12.1 Å². The number of ether oxygens (including phenoxy) is 2. The summed E-state index contributed by atoms with van der Waals surface area (Å²) in [5.74, 6) is -3.07. The molecule has 1 aliphatic carbocycles. The summed E-state index contributed by atoms with van der Waals surface area (Å²) >= 11 is 0. The van der Waals surface area contributed by atoms with E-state index < -0.39 is 74.9 Å². The van der Waals surface area contributed by atoms with E-state index in [2.05, 4.69) is 10.1 Å². The second-order valence-corrected chi connectivity index (χ2v) is 13.0. The van der Waals surface area contributed by atoms with E-state index >= 15 is 0 Å². The number of carbonyl (C=O) groups is 2. The normalized spacial score (nSPS) is 21.2. The number of carboxylic acids is 1. The van der Waals surface area contributed by atoms with Crippen molar-refractivity contribution in [3.05, 3.63) is 72.0 Å². The lowest BCUT2D eigenvalue weighted by Gasteiger charge is -2.47. The Kier molecular flexibility index (Phi) is 8.61. The Labute approximate surface area is 258 Å². The first-order chi connectivity index (χ1) is 21.5. The molecule has 1 saturated carbocycles. The van der Waals surface area contributed by atoms with Crippen molar-refractivity contribution >= 4 is 27.6 Å². The standard InChI is InChI=1S/C30H26F6N2O7S/c1-16(39)37-21-12-29(13-21,27(40)41)14-23-15-38(46(42,43)24-4-2-3-19(10-24)30(34,35)36)25-9-17(5-6-26(25)44-23)18-7-20(31)11-22(8-18)45-28(32)33/h2-11,21,23,28H,12-15H2,1H3,(H,37,39)(H,40,41)/t21?,23-,29?/m0/s1. The van der Waals surface area contributed by atoms with Crippen LogP contribution < -0.4 is 19.1 Å². The van der Waals surface area contributed by atoms with Crippen LogP contribution in [0.3, 0.4) is 0 Å². The summed E-state index contributed by atoms with van der Waals surface area (Å²) in [6.45, 7) is -2.49. The van der Waals surface area contributed by atoms with Gasteiger partial charge in [0.25, 0.3) is 10.0 Å². The first-order valence-electron chi connectivity index (χ1n) is 13.7. The molecule has 0 radical (unpaired) electrons. The summed E-state index contributed by atoms with van der Waals surface area (Å²) in [7, 11) is -4.76. The van der Waals surface area contributed by atoms with E-state index in [0.717, 1.165) is 34.6 Å². The molecule has 5 rings (SSSR count). The van der Waals surface area contributed by atoms with Gasteiger partial charge in [-0.05, 0) is 66.4 Å². The first-order valence-corrected chi connectivity index (χ1v) is 15.2. The van der Waals surface area contributed by atoms with Gasteiger partial charge in [0.1, 0.15) is 23.4 Å². The van der Waals surface area contributed by atoms with Gasteiger partial charge in [0.2, 0.25) is 5.91 Å². The zero-order valence-corrected chi connectivity index (χ0v) is 24.7. The average molecular weight is 673 g/mol. The van der Waals surface area contributed by atoms with E-state index in [0.29, 0.717) is 12.1 Å². The number of rotatable bonds is 9. The predicted molar refractivity (Wildman–Crippen MR) is 150 cm³/mol. The minimum Gasteiger partial charge on any atom is -0.486 e. The smallest absolute Gasteiger partial charge is 0.416 e. The molecule has 1 fully saturated rings. The molecule has 0 spiro atoms. The minimum atomic E-state index is -4.86. The highest BCUT2D eigenvalue weighted by atomic mass is 32.2. The summed E-state index contributed by atoms with van der Waals surface area (Å²) in [5, 5.41) is 12.7. The molecule has 0 saturated heterocycles. The highest BCUT2D eigenvalue weighted by molar-refractivity contribution is 7.92. The van der Waals surface area contributed by atoms with Gasteiger partial charge in [0, 0.05) is 25.5 Å². The third-order valence-corrected chi connectivity index (χ3v) is 9.60. The van der Waals surface area contributed by atoms with Crippen LogP contribution in [0, 0.1) is 11.2 Å². The number of alkyl halides is 5. The molecule has 1 heterocycles. The fourth-order valence-corrected chi connectivity index (χ4v) is 7.37. The molecule has 2 aliphatic rings. The molecule has 0 unspecified atom stereocenters. The second-order valence-electron chi connectivity index (χ2n) is 11.1. The molecule has 1 amide bonds. The number of hydrogen-bond acceptors (Lipinski definition) is 6. The number of amides is 1. The van der Waals surface area contributed by atoms with Gasteiger partial charge in [0.15, 0.2) is 0 Å². The monoisotopic (exact) mass is 672 g/mol. The molecule has 246 valence electrons. The maximum Gasteiger partial charge on any atom is 0.416 e. The molecule has 1 aliphatic heterocycles. The van der Waals surface area contributed by atoms with E-state index in [4.69, 9.17) is 4.74 Å². The van der Waals surface area contributed by atoms with E-state index in [9.17, 15) is 49.5 Å². The third kappa shape index (κ3) is 6.71. The van der Waals surface area contributed by atoms with Gasteiger partial charge in [-0.2, -0.15) is 22.0 Å². The number of benzene rings is 3. The minimum absolute atomic E-state index is 0.0142. The van der Waals surface area contributed by atoms with Gasteiger partial charge in [-0.15, -0.1) is 0 Å². The number of halogens is 6. The van der Waals surface area contributed by atoms with E-state index in [1.54, 1.807) is 0 Å². The summed E-state index contributed by atoms with van der Waals surface area (Å²) in [4.78, 5) is 23.1. The fraction of sp³-hybridized carbons (Fsp3) is 0.333. The van der Waals surface area contributed by atoms with Crippen LogP contribution in [-0.2, 0) is 25.8 Å². The zero-order valence-electron chi connectivity index (χ0n) is 23.9. The number of carbonyl (C=O) groups excluding carboxylic acids is 1. The Morgan fingerprint density at radius 3 is 2.43 bits per heavy atom. The molecule has 16 heteroatoms. The third-order valence-electron chi connectivity index (χ3n) is 7.82. The predicted octanol–water partition coefficient (Wildman–Crippen LogP) is 5.83. The Morgan fingerprint density at radius 2 is 1.80 bits per heavy atom. The molecular weight excluding hydrogens is 646 g/mol. The molecule has 0 aromatic heterocycles. The van der Waals surface area contributed by atoms with Crippen LogP contribution in [0.1, 0.15) is 31.7 Å². The van der Waals surface area contributed by atoms with Crippen LogP contribution in [0.25, 0.3) is 11.1 Å². The highest BCUT2D eigenvalue weighted by Crippen LogP contribution is 2.48. The maximum atomic E-state index is 14.3. The van der Waals surface area contributed by atoms with Crippen LogP contribution in [0.5, 0.6) is 11.5 Å². The topological polar surface area (TPSA) is 122 Å². The van der Waals surface area contributed by atoms with Crippen molar-refractivity contribution in [1.82, 2.24) is 5.32 Å². The zero-order chi connectivity index (χ0) is 33.6. The molecular formula is C30H26F6N2O7S. The Balaban J connectivity index is 1.56. The van der Waals surface area contributed by atoms with Gasteiger partial charge in [-0.3, -0.25) is 13.9 Å². The molecule has 2 N–H and O–H groups in total. The number of nitrogens with zero attached hydrogens (tertiary/aromatic N) is 1. The number of sulfonamides is 1. The summed E-state index contributed by atoms with van der Waals surface area (Å²) in [5.41, 5.74) is -2.63. The van der Waals surface area contributed by atoms with Crippen LogP contribution in [0.2, 0.25) is 0 Å². The molecule has 9 nitrogen and oxygen atoms in total. The van der Waals surface area contributed by atoms with Crippen molar-refractivity contribution in [2.24, 2.45) is 5.41 Å². The van der Waals surface area contributed by atoms with Crippen molar-refractivity contribution < 1.29 is 58.9 Å². The largest absolute Gasteiger partial charge is 0.486 e. The van der Waals surface area contributed by atoms with E-state index in [1.807, 2.05) is 0 Å². The summed E-state index contributed by atoms with van der Waals surface area (Å²) < 4.78 is 120. The molecule has 0 bridgehead atoms. The molecule has 1 atom stereocenters. The van der Waals surface area contributed by atoms with Crippen molar-refractivity contribution in [3.63, 3.8) is 0 Å². The molecule has 3 aromatic rings. The van der Waals surface area contributed by atoms with Gasteiger partial charge in [0.05, 0.1) is 28.1 Å². The lowest BCUT2D eigenvalue weighted by atomic mass is 9.62. The molecule has 46 heavy (non-hydrogen) atoms. The Hall–Kier alpha value is -4.47. The van der Waals surface area contributed by atoms with Crippen LogP contribution in [-0.4, -0.2) is 50.7 Å². The highest BCUT2D eigenvalue weighted by Gasteiger charge is 2.53. The van der Waals surface area contributed by atoms with Gasteiger partial charge >= 0.3 is 18.8 Å². The van der Waals surface area contributed by atoms with Crippen LogP contribution >= 0.6 is 0 Å². The number of anilines is 1. The number of aliphatic carboxylic acids is 1. The van der Waals surface area contributed by atoms with Gasteiger partial charge < -0.3 is 19.9 Å². The first kappa shape index (κ1) is 32.9. The van der Waals surface area contributed by atoms with Crippen molar-refractivity contribution in [2.45, 2.75) is 56.0 Å². The summed E-state index contributed by atoms with van der Waals surface area (Å²) in [6.07, 6.45) is -6.07. The fourth-order valence-electron chi connectivity index (χ4n) is 5.82. The van der Waals surface area contributed by atoms with E-state index in [-0.39, 0.29) is 47.7 Å². The SMILES string of the molecule is CC(=O)NC1CC(C[C@H]2CN(S(=O)(=O)c3cccc(C(F)(F)F)c3)c3cc(-c4cc(F)cc(OC(F)F)c4)ccc3O2)(C(=O)O)C1. The van der Waals surface area contributed by atoms with E-state index in [1.165, 1.54) is 25.1 Å². The lowest BCUT2D eigenvalue weighted by Crippen LogP contribution is -2.57. The average Bonchev–Trinajstić information content (AvgIpc) is 2.93. The number of hydrogen-bond donors (Lipinski definition) is 2. The van der Waals surface area contributed by atoms with Crippen molar-refractivity contribution in [3.8, 4) is 22.6 Å². The Bertz CT molecular complexity index is 1780. The lowest BCUT2D eigenvalue weighted by molar-refractivity contribution is -0.159. The number of carboxylic acid groups (broad SMARTS) is 1. The maximum absolute atomic E-state index is 14.3. The van der Waals surface area contributed by atoms with Crippen LogP contribution in [0.15, 0.2) is 65.6 Å². The Morgan fingerprint density at radius 1 is 1.09 bits per heavy atom. The second kappa shape index (κ2) is 12.0. The molecule has 3 aromatic carbocycles. The quantitative estimate of drug-likeness (QED) is 0.275. The number of nitrogens with one attached hydrogen (secondary N) is 1. The van der Waals surface area contributed by atoms with Crippen molar-refractivity contribution in [1.29, 1.82) is 0 Å². The number of fused-ring (bicyclic) bond motifs is 1. The van der Waals surface area contributed by atoms with Crippen LogP contribution in [0.4, 0.5) is 32.0 Å². The summed E-state index contributed by atoms with van der Waals surface area (Å²) in [6, 6.07) is 9.36.